The van der Waals surface area contributed by atoms with E-state index in [1.165, 1.54) is 37.7 Å². The number of hydrogen-bond donors (Lipinski definition) is 1. The number of rotatable bonds is 12. The summed E-state index contributed by atoms with van der Waals surface area (Å²) in [5.41, 5.74) is 1.36. The Morgan fingerprint density at radius 2 is 1.63 bits per heavy atom. The fourth-order valence-corrected chi connectivity index (χ4v) is 4.79. The van der Waals surface area contributed by atoms with Gasteiger partial charge in [0.05, 0.1) is 12.2 Å². The van der Waals surface area contributed by atoms with Crippen molar-refractivity contribution in [1.29, 1.82) is 0 Å². The Morgan fingerprint density at radius 3 is 2.27 bits per heavy atom. The minimum atomic E-state index is -0.886. The molecule has 0 aliphatic carbocycles. The molecule has 3 heteroatoms. The summed E-state index contributed by atoms with van der Waals surface area (Å²) in [4.78, 5) is 2.53. The highest BCUT2D eigenvalue weighted by atomic mass is 16.5. The van der Waals surface area contributed by atoms with Crippen LogP contribution in [0.25, 0.3) is 0 Å². The summed E-state index contributed by atoms with van der Waals surface area (Å²) < 4.78 is 5.65. The summed E-state index contributed by atoms with van der Waals surface area (Å²) in [6.07, 6.45) is 7.95. The second kappa shape index (κ2) is 11.5. The van der Waals surface area contributed by atoms with Crippen LogP contribution in [0.5, 0.6) is 5.75 Å². The Balaban J connectivity index is 1.94. The second-order valence-corrected chi connectivity index (χ2v) is 8.66. The van der Waals surface area contributed by atoms with Crippen molar-refractivity contribution in [3.05, 3.63) is 65.7 Å². The van der Waals surface area contributed by atoms with Crippen molar-refractivity contribution in [2.45, 2.75) is 70.3 Å². The first-order chi connectivity index (χ1) is 14.7. The molecule has 164 valence electrons. The lowest BCUT2D eigenvalue weighted by Gasteiger charge is -2.39. The van der Waals surface area contributed by atoms with Crippen molar-refractivity contribution >= 4 is 0 Å². The average molecular weight is 410 g/mol. The highest BCUT2D eigenvalue weighted by Crippen LogP contribution is 2.42. The average Bonchev–Trinajstić information content (AvgIpc) is 3.30. The lowest BCUT2D eigenvalue weighted by Crippen LogP contribution is -2.40. The van der Waals surface area contributed by atoms with Crippen molar-refractivity contribution in [2.24, 2.45) is 0 Å². The van der Waals surface area contributed by atoms with Crippen molar-refractivity contribution in [1.82, 2.24) is 4.90 Å². The van der Waals surface area contributed by atoms with E-state index in [0.717, 1.165) is 43.8 Å². The van der Waals surface area contributed by atoms with E-state index in [4.69, 9.17) is 4.74 Å². The van der Waals surface area contributed by atoms with Gasteiger partial charge >= 0.3 is 0 Å². The summed E-state index contributed by atoms with van der Waals surface area (Å²) in [5, 5.41) is 12.3. The molecule has 2 aromatic carbocycles. The predicted octanol–water partition coefficient (Wildman–Crippen LogP) is 6.12. The van der Waals surface area contributed by atoms with Crippen LogP contribution in [-0.2, 0) is 5.60 Å². The number of likely N-dealkylation sites (tertiary alicyclic amines) is 1. The zero-order chi connectivity index (χ0) is 21.2. The molecule has 0 amide bonds. The van der Waals surface area contributed by atoms with E-state index in [2.05, 4.69) is 54.3 Å². The molecular formula is C27H39NO2. The van der Waals surface area contributed by atoms with E-state index in [9.17, 15) is 5.11 Å². The van der Waals surface area contributed by atoms with Gasteiger partial charge in [0, 0.05) is 12.5 Å². The molecule has 30 heavy (non-hydrogen) atoms. The lowest BCUT2D eigenvalue weighted by molar-refractivity contribution is -0.0133. The third-order valence-electron chi connectivity index (χ3n) is 6.49. The Labute approximate surface area is 183 Å². The molecule has 1 N–H and O–H groups in total. The van der Waals surface area contributed by atoms with Crippen LogP contribution in [0.3, 0.4) is 0 Å². The van der Waals surface area contributed by atoms with Crippen LogP contribution in [0, 0.1) is 0 Å². The first-order valence-electron chi connectivity index (χ1n) is 11.9. The van der Waals surface area contributed by atoms with Crippen molar-refractivity contribution in [2.75, 3.05) is 26.2 Å². The van der Waals surface area contributed by atoms with E-state index >= 15 is 0 Å². The first kappa shape index (κ1) is 22.8. The zero-order valence-corrected chi connectivity index (χ0v) is 18.9. The molecule has 1 heterocycles. The summed E-state index contributed by atoms with van der Waals surface area (Å²) in [7, 11) is 0. The number of hydrogen-bond acceptors (Lipinski definition) is 3. The van der Waals surface area contributed by atoms with Gasteiger partial charge in [0.25, 0.3) is 0 Å². The van der Waals surface area contributed by atoms with E-state index in [0.29, 0.717) is 6.61 Å². The van der Waals surface area contributed by atoms with E-state index in [-0.39, 0.29) is 5.92 Å². The molecule has 0 saturated carbocycles. The topological polar surface area (TPSA) is 32.7 Å². The minimum Gasteiger partial charge on any atom is -0.494 e. The van der Waals surface area contributed by atoms with Gasteiger partial charge in [0.2, 0.25) is 0 Å². The van der Waals surface area contributed by atoms with Gasteiger partial charge in [0.15, 0.2) is 0 Å². The van der Waals surface area contributed by atoms with Crippen LogP contribution >= 0.6 is 0 Å². The van der Waals surface area contributed by atoms with Gasteiger partial charge in [-0.15, -0.1) is 0 Å². The van der Waals surface area contributed by atoms with Gasteiger partial charge in [-0.25, -0.2) is 0 Å². The lowest BCUT2D eigenvalue weighted by atomic mass is 9.74. The molecule has 3 nitrogen and oxygen atoms in total. The van der Waals surface area contributed by atoms with Crippen LogP contribution in [0.1, 0.15) is 75.8 Å². The molecule has 1 aliphatic rings. The molecule has 1 fully saturated rings. The first-order valence-corrected chi connectivity index (χ1v) is 11.9. The van der Waals surface area contributed by atoms with Gasteiger partial charge in [-0.2, -0.15) is 0 Å². The van der Waals surface area contributed by atoms with E-state index in [1.54, 1.807) is 0 Å². The molecule has 2 atom stereocenters. The Bertz CT molecular complexity index is 724. The molecular weight excluding hydrogens is 370 g/mol. The molecule has 1 aliphatic heterocycles. The molecule has 0 radical (unpaired) electrons. The van der Waals surface area contributed by atoms with Gasteiger partial charge in [-0.1, -0.05) is 75.1 Å². The standard InChI is InChI=1S/C27H39NO2/c1-3-5-6-10-19-27(29,24-15-17-25(18-16-24)30-4-2)26(22-28-20-11-12-21-28)23-13-8-7-9-14-23/h7-9,13-18,26,29H,3-6,10-12,19-22H2,1-2H3/t26-,27-/m1/s1. The minimum absolute atomic E-state index is 0.0522. The van der Waals surface area contributed by atoms with Gasteiger partial charge in [-0.05, 0) is 62.5 Å². The monoisotopic (exact) mass is 409 g/mol. The quantitative estimate of drug-likeness (QED) is 0.428. The Hall–Kier alpha value is -1.84. The maximum Gasteiger partial charge on any atom is 0.119 e. The van der Waals surface area contributed by atoms with Crippen molar-refractivity contribution in [3.8, 4) is 5.75 Å². The Morgan fingerprint density at radius 1 is 0.933 bits per heavy atom. The van der Waals surface area contributed by atoms with Gasteiger partial charge < -0.3 is 14.7 Å². The molecule has 0 spiro atoms. The number of aliphatic hydroxyl groups is 1. The summed E-state index contributed by atoms with van der Waals surface area (Å²) in [6, 6.07) is 18.8. The predicted molar refractivity (Wildman–Crippen MR) is 125 cm³/mol. The zero-order valence-electron chi connectivity index (χ0n) is 18.9. The van der Waals surface area contributed by atoms with Gasteiger partial charge in [0.1, 0.15) is 5.75 Å². The van der Waals surface area contributed by atoms with Crippen LogP contribution in [0.4, 0.5) is 0 Å². The third kappa shape index (κ3) is 5.86. The van der Waals surface area contributed by atoms with Crippen LogP contribution in [0.2, 0.25) is 0 Å². The summed E-state index contributed by atoms with van der Waals surface area (Å²) >= 11 is 0. The fraction of sp³-hybridized carbons (Fsp3) is 0.556. The highest BCUT2D eigenvalue weighted by molar-refractivity contribution is 5.35. The van der Waals surface area contributed by atoms with Crippen molar-refractivity contribution < 1.29 is 9.84 Å². The van der Waals surface area contributed by atoms with E-state index in [1.807, 2.05) is 19.1 Å². The van der Waals surface area contributed by atoms with Crippen LogP contribution < -0.4 is 4.74 Å². The van der Waals surface area contributed by atoms with E-state index < -0.39 is 5.60 Å². The molecule has 0 aromatic heterocycles. The molecule has 2 aromatic rings. The Kier molecular flexibility index (Phi) is 8.77. The van der Waals surface area contributed by atoms with Crippen LogP contribution in [-0.4, -0.2) is 36.2 Å². The second-order valence-electron chi connectivity index (χ2n) is 8.66. The highest BCUT2D eigenvalue weighted by Gasteiger charge is 2.40. The largest absolute Gasteiger partial charge is 0.494 e. The molecule has 0 bridgehead atoms. The number of benzene rings is 2. The maximum absolute atomic E-state index is 12.3. The third-order valence-corrected chi connectivity index (χ3v) is 6.49. The maximum atomic E-state index is 12.3. The summed E-state index contributed by atoms with van der Waals surface area (Å²) in [5.74, 6) is 0.918. The molecule has 3 rings (SSSR count). The molecule has 0 unspecified atom stereocenters. The SMILES string of the molecule is CCCCCC[C@@](O)(c1ccc(OCC)cc1)[C@H](CN1CCCC1)c1ccccc1. The smallest absolute Gasteiger partial charge is 0.119 e. The van der Waals surface area contributed by atoms with Crippen LogP contribution in [0.15, 0.2) is 54.6 Å². The fourth-order valence-electron chi connectivity index (χ4n) is 4.79. The number of nitrogens with zero attached hydrogens (tertiary/aromatic N) is 1. The summed E-state index contributed by atoms with van der Waals surface area (Å²) in [6.45, 7) is 8.07. The van der Waals surface area contributed by atoms with Crippen molar-refractivity contribution in [3.63, 3.8) is 0 Å². The van der Waals surface area contributed by atoms with Gasteiger partial charge in [-0.3, -0.25) is 0 Å². The normalized spacial score (nSPS) is 17.6. The number of unbranched alkanes of at least 4 members (excludes halogenated alkanes) is 3. The number of ether oxygens (including phenoxy) is 1. The molecule has 1 saturated heterocycles.